The number of hydrogen-bond acceptors (Lipinski definition) is 4. The molecular formula is C13H16N4O. The zero-order chi connectivity index (χ0) is 12.8. The van der Waals surface area contributed by atoms with Crippen molar-refractivity contribution in [3.05, 3.63) is 24.0 Å². The molecule has 1 aromatic heterocycles. The van der Waals surface area contributed by atoms with E-state index < -0.39 is 5.41 Å². The molecule has 1 aliphatic carbocycles. The average Bonchev–Trinajstić information content (AvgIpc) is 2.47. The molecule has 1 heterocycles. The molecule has 0 spiro atoms. The monoisotopic (exact) mass is 244 g/mol. The summed E-state index contributed by atoms with van der Waals surface area (Å²) in [6.45, 7) is 0.402. The Morgan fingerprint density at radius 1 is 1.44 bits per heavy atom. The van der Waals surface area contributed by atoms with E-state index in [0.717, 1.165) is 25.7 Å². The largest absolute Gasteiger partial charge is 0.349 e. The highest BCUT2D eigenvalue weighted by atomic mass is 16.1. The molecule has 0 atom stereocenters. The summed E-state index contributed by atoms with van der Waals surface area (Å²) in [5.41, 5.74) is -0.0998. The summed E-state index contributed by atoms with van der Waals surface area (Å²) in [7, 11) is 0. The SMILES string of the molecule is N#CC1(CNC(=O)c2cccnn2)CCCCC1. The van der Waals surface area contributed by atoms with Crippen LogP contribution in [0.5, 0.6) is 0 Å². The van der Waals surface area contributed by atoms with E-state index in [1.807, 2.05) is 0 Å². The van der Waals surface area contributed by atoms with Gasteiger partial charge in [0.05, 0.1) is 11.5 Å². The Bertz CT molecular complexity index is 446. The number of carbonyl (C=O) groups excluding carboxylic acids is 1. The average molecular weight is 244 g/mol. The molecule has 18 heavy (non-hydrogen) atoms. The normalized spacial score (nSPS) is 17.7. The van der Waals surface area contributed by atoms with Gasteiger partial charge in [-0.05, 0) is 25.0 Å². The Kier molecular flexibility index (Phi) is 3.88. The maximum absolute atomic E-state index is 11.8. The standard InChI is InChI=1S/C13H16N4O/c14-9-13(6-2-1-3-7-13)10-15-12(18)11-5-4-8-16-17-11/h4-5,8H,1-3,6-7,10H2,(H,15,18). The molecule has 1 saturated carbocycles. The molecule has 0 aromatic carbocycles. The van der Waals surface area contributed by atoms with E-state index in [1.54, 1.807) is 12.1 Å². The Hall–Kier alpha value is -1.96. The Morgan fingerprint density at radius 2 is 2.22 bits per heavy atom. The molecule has 0 aliphatic heterocycles. The highest BCUT2D eigenvalue weighted by molar-refractivity contribution is 5.92. The lowest BCUT2D eigenvalue weighted by Gasteiger charge is -2.30. The van der Waals surface area contributed by atoms with E-state index in [1.165, 1.54) is 12.6 Å². The van der Waals surface area contributed by atoms with Crippen molar-refractivity contribution in [1.29, 1.82) is 5.26 Å². The van der Waals surface area contributed by atoms with Crippen LogP contribution in [0, 0.1) is 16.7 Å². The van der Waals surface area contributed by atoms with Gasteiger partial charge in [-0.3, -0.25) is 4.79 Å². The first-order valence-corrected chi connectivity index (χ1v) is 6.23. The van der Waals surface area contributed by atoms with Crippen LogP contribution in [0.15, 0.2) is 18.3 Å². The first kappa shape index (κ1) is 12.5. The molecule has 1 amide bonds. The lowest BCUT2D eigenvalue weighted by Crippen LogP contribution is -2.38. The number of hydrogen-bond donors (Lipinski definition) is 1. The van der Waals surface area contributed by atoms with Crippen LogP contribution in [0.25, 0.3) is 0 Å². The summed E-state index contributed by atoms with van der Waals surface area (Å²) in [6, 6.07) is 5.66. The van der Waals surface area contributed by atoms with Crippen LogP contribution < -0.4 is 5.32 Å². The third-order valence-corrected chi connectivity index (χ3v) is 3.44. The molecule has 1 fully saturated rings. The van der Waals surface area contributed by atoms with E-state index in [0.29, 0.717) is 12.2 Å². The summed E-state index contributed by atoms with van der Waals surface area (Å²) < 4.78 is 0. The number of nitrogens with zero attached hydrogens (tertiary/aromatic N) is 3. The molecule has 0 bridgehead atoms. The van der Waals surface area contributed by atoms with Gasteiger partial charge in [-0.1, -0.05) is 19.3 Å². The van der Waals surface area contributed by atoms with Gasteiger partial charge in [-0.25, -0.2) is 0 Å². The van der Waals surface area contributed by atoms with Gasteiger partial charge in [0.1, 0.15) is 0 Å². The fraction of sp³-hybridized carbons (Fsp3) is 0.538. The first-order valence-electron chi connectivity index (χ1n) is 6.23. The third-order valence-electron chi connectivity index (χ3n) is 3.44. The van der Waals surface area contributed by atoms with E-state index in [4.69, 9.17) is 0 Å². The van der Waals surface area contributed by atoms with Crippen LogP contribution >= 0.6 is 0 Å². The summed E-state index contributed by atoms with van der Waals surface area (Å²) in [6.07, 6.45) is 6.56. The number of carbonyl (C=O) groups is 1. The fourth-order valence-corrected chi connectivity index (χ4v) is 2.32. The van der Waals surface area contributed by atoms with Gasteiger partial charge in [0.15, 0.2) is 5.69 Å². The van der Waals surface area contributed by atoms with Crippen molar-refractivity contribution < 1.29 is 4.79 Å². The quantitative estimate of drug-likeness (QED) is 0.877. The van der Waals surface area contributed by atoms with Crippen LogP contribution in [0.1, 0.15) is 42.6 Å². The third kappa shape index (κ3) is 2.83. The van der Waals surface area contributed by atoms with E-state index >= 15 is 0 Å². The van der Waals surface area contributed by atoms with Crippen molar-refractivity contribution in [2.24, 2.45) is 5.41 Å². The van der Waals surface area contributed by atoms with Gasteiger partial charge in [-0.2, -0.15) is 10.4 Å². The minimum Gasteiger partial charge on any atom is -0.349 e. The van der Waals surface area contributed by atoms with Crippen molar-refractivity contribution in [2.75, 3.05) is 6.54 Å². The topological polar surface area (TPSA) is 78.7 Å². The van der Waals surface area contributed by atoms with Gasteiger partial charge in [0.2, 0.25) is 0 Å². The van der Waals surface area contributed by atoms with Gasteiger partial charge < -0.3 is 5.32 Å². The van der Waals surface area contributed by atoms with E-state index in [-0.39, 0.29) is 5.91 Å². The molecule has 0 saturated heterocycles. The molecule has 1 aliphatic rings. The number of nitrogens with one attached hydrogen (secondary N) is 1. The van der Waals surface area contributed by atoms with Crippen molar-refractivity contribution in [3.63, 3.8) is 0 Å². The first-order chi connectivity index (χ1) is 8.76. The van der Waals surface area contributed by atoms with Gasteiger partial charge >= 0.3 is 0 Å². The van der Waals surface area contributed by atoms with Gasteiger partial charge in [0, 0.05) is 12.7 Å². The van der Waals surface area contributed by atoms with Gasteiger partial charge in [0.25, 0.3) is 5.91 Å². The smallest absolute Gasteiger partial charge is 0.271 e. The summed E-state index contributed by atoms with van der Waals surface area (Å²) in [5.74, 6) is -0.261. The Labute approximate surface area is 106 Å². The molecule has 0 radical (unpaired) electrons. The maximum Gasteiger partial charge on any atom is 0.271 e. The van der Waals surface area contributed by atoms with Crippen LogP contribution in [0.3, 0.4) is 0 Å². The van der Waals surface area contributed by atoms with Crippen LogP contribution in [0.2, 0.25) is 0 Å². The maximum atomic E-state index is 11.8. The molecule has 5 heteroatoms. The minimum absolute atomic E-state index is 0.261. The molecule has 1 N–H and O–H groups in total. The predicted molar refractivity (Wildman–Crippen MR) is 65.5 cm³/mol. The zero-order valence-electron chi connectivity index (χ0n) is 10.2. The zero-order valence-corrected chi connectivity index (χ0v) is 10.2. The minimum atomic E-state index is -0.393. The van der Waals surface area contributed by atoms with Gasteiger partial charge in [-0.15, -0.1) is 5.10 Å². The molecule has 2 rings (SSSR count). The van der Waals surface area contributed by atoms with E-state index in [2.05, 4.69) is 21.6 Å². The van der Waals surface area contributed by atoms with Crippen molar-refractivity contribution in [3.8, 4) is 6.07 Å². The van der Waals surface area contributed by atoms with Crippen molar-refractivity contribution in [2.45, 2.75) is 32.1 Å². The number of aromatic nitrogens is 2. The summed E-state index contributed by atoms with van der Waals surface area (Å²) in [4.78, 5) is 11.8. The van der Waals surface area contributed by atoms with Crippen molar-refractivity contribution >= 4 is 5.91 Å². The summed E-state index contributed by atoms with van der Waals surface area (Å²) >= 11 is 0. The molecule has 94 valence electrons. The summed E-state index contributed by atoms with van der Waals surface area (Å²) in [5, 5.41) is 19.5. The second-order valence-corrected chi connectivity index (χ2v) is 4.74. The Morgan fingerprint density at radius 3 is 2.83 bits per heavy atom. The molecule has 0 unspecified atom stereocenters. The highest BCUT2D eigenvalue weighted by Gasteiger charge is 2.32. The number of rotatable bonds is 3. The Balaban J connectivity index is 1.95. The van der Waals surface area contributed by atoms with Crippen molar-refractivity contribution in [1.82, 2.24) is 15.5 Å². The van der Waals surface area contributed by atoms with Crippen LogP contribution in [-0.2, 0) is 0 Å². The molecule has 5 nitrogen and oxygen atoms in total. The lowest BCUT2D eigenvalue weighted by molar-refractivity contribution is 0.0926. The fourth-order valence-electron chi connectivity index (χ4n) is 2.32. The molecular weight excluding hydrogens is 228 g/mol. The van der Waals surface area contributed by atoms with E-state index in [9.17, 15) is 10.1 Å². The highest BCUT2D eigenvalue weighted by Crippen LogP contribution is 2.34. The van der Waals surface area contributed by atoms with Crippen LogP contribution in [-0.4, -0.2) is 22.6 Å². The second-order valence-electron chi connectivity index (χ2n) is 4.74. The lowest BCUT2D eigenvalue weighted by atomic mass is 9.75. The molecule has 1 aromatic rings. The second kappa shape index (κ2) is 5.58. The predicted octanol–water partition coefficient (Wildman–Crippen LogP) is 1.68. The van der Waals surface area contributed by atoms with Crippen LogP contribution in [0.4, 0.5) is 0 Å². The number of amides is 1. The number of nitriles is 1.